The van der Waals surface area contributed by atoms with Crippen molar-refractivity contribution in [2.75, 3.05) is 0 Å². The van der Waals surface area contributed by atoms with Gasteiger partial charge in [-0.1, -0.05) is 26.2 Å². The van der Waals surface area contributed by atoms with Crippen LogP contribution in [0, 0.1) is 0 Å². The lowest BCUT2D eigenvalue weighted by Gasteiger charge is -2.14. The summed E-state index contributed by atoms with van der Waals surface area (Å²) in [6.07, 6.45) is 4.94. The Labute approximate surface area is 80.1 Å². The van der Waals surface area contributed by atoms with Crippen molar-refractivity contribution in [3.63, 3.8) is 0 Å². The number of hydrogen-bond donors (Lipinski definition) is 3. The molecule has 72 valence electrons. The second-order valence-corrected chi connectivity index (χ2v) is 3.42. The summed E-state index contributed by atoms with van der Waals surface area (Å²) in [5.74, 6) is 5.12. The first-order chi connectivity index (χ1) is 5.70. The summed E-state index contributed by atoms with van der Waals surface area (Å²) in [7, 11) is 0. The van der Waals surface area contributed by atoms with E-state index in [9.17, 15) is 0 Å². The summed E-state index contributed by atoms with van der Waals surface area (Å²) < 4.78 is 0. The zero-order valence-electron chi connectivity index (χ0n) is 7.89. The first kappa shape index (κ1) is 11.6. The Morgan fingerprint density at radius 2 is 2.17 bits per heavy atom. The summed E-state index contributed by atoms with van der Waals surface area (Å²) in [5.41, 5.74) is 2.41. The minimum Gasteiger partial charge on any atom is -0.359 e. The molecule has 4 N–H and O–H groups in total. The van der Waals surface area contributed by atoms with E-state index in [0.29, 0.717) is 11.2 Å². The minimum absolute atomic E-state index is 0.417. The van der Waals surface area contributed by atoms with Gasteiger partial charge in [-0.2, -0.15) is 0 Å². The molecule has 0 radical (unpaired) electrons. The molecule has 0 aromatic heterocycles. The molecule has 0 aromatic rings. The third kappa shape index (κ3) is 6.37. The number of thiocarbonyl (C=S) groups is 1. The summed E-state index contributed by atoms with van der Waals surface area (Å²) >= 11 is 4.86. The standard InChI is InChI=1S/C8H19N3S/c1-3-4-5-6-7(2)10-8(12)11-9/h7H,3-6,9H2,1-2H3,(H2,10,11,12). The molecule has 0 fully saturated rings. The van der Waals surface area contributed by atoms with Gasteiger partial charge in [-0.15, -0.1) is 0 Å². The van der Waals surface area contributed by atoms with E-state index in [1.807, 2.05) is 0 Å². The highest BCUT2D eigenvalue weighted by Crippen LogP contribution is 2.02. The van der Waals surface area contributed by atoms with E-state index in [2.05, 4.69) is 24.6 Å². The largest absolute Gasteiger partial charge is 0.359 e. The summed E-state index contributed by atoms with van der Waals surface area (Å²) in [4.78, 5) is 0. The molecule has 0 saturated heterocycles. The van der Waals surface area contributed by atoms with Gasteiger partial charge in [0.25, 0.3) is 0 Å². The highest BCUT2D eigenvalue weighted by atomic mass is 32.1. The normalized spacial score (nSPS) is 12.2. The molecule has 12 heavy (non-hydrogen) atoms. The first-order valence-corrected chi connectivity index (χ1v) is 4.88. The van der Waals surface area contributed by atoms with Crippen molar-refractivity contribution in [1.29, 1.82) is 0 Å². The van der Waals surface area contributed by atoms with Crippen LogP contribution in [0.25, 0.3) is 0 Å². The van der Waals surface area contributed by atoms with Gasteiger partial charge in [-0.3, -0.25) is 0 Å². The summed E-state index contributed by atoms with van der Waals surface area (Å²) in [5, 5.41) is 3.61. The van der Waals surface area contributed by atoms with Crippen LogP contribution in [0.15, 0.2) is 0 Å². The molecule has 0 saturated carbocycles. The van der Waals surface area contributed by atoms with Crippen LogP contribution < -0.4 is 16.6 Å². The Morgan fingerprint density at radius 3 is 2.67 bits per heavy atom. The highest BCUT2D eigenvalue weighted by Gasteiger charge is 2.01. The van der Waals surface area contributed by atoms with Crippen LogP contribution in [-0.2, 0) is 0 Å². The van der Waals surface area contributed by atoms with Crippen LogP contribution in [0.3, 0.4) is 0 Å². The Morgan fingerprint density at radius 1 is 1.50 bits per heavy atom. The molecule has 1 atom stereocenters. The van der Waals surface area contributed by atoms with E-state index in [1.54, 1.807) is 0 Å². The maximum absolute atomic E-state index is 5.12. The van der Waals surface area contributed by atoms with Crippen LogP contribution in [0.4, 0.5) is 0 Å². The van der Waals surface area contributed by atoms with Gasteiger partial charge >= 0.3 is 0 Å². The molecular formula is C8H19N3S. The second kappa shape index (κ2) is 7.31. The first-order valence-electron chi connectivity index (χ1n) is 4.47. The van der Waals surface area contributed by atoms with Gasteiger partial charge in [0.1, 0.15) is 0 Å². The van der Waals surface area contributed by atoms with Gasteiger partial charge in [0, 0.05) is 6.04 Å². The maximum Gasteiger partial charge on any atom is 0.180 e. The number of rotatable bonds is 5. The molecule has 0 aromatic carbocycles. The zero-order valence-corrected chi connectivity index (χ0v) is 8.71. The lowest BCUT2D eigenvalue weighted by atomic mass is 10.1. The van der Waals surface area contributed by atoms with Gasteiger partial charge < -0.3 is 10.7 Å². The van der Waals surface area contributed by atoms with Crippen molar-refractivity contribution in [1.82, 2.24) is 10.7 Å². The third-order valence-electron chi connectivity index (χ3n) is 1.75. The van der Waals surface area contributed by atoms with Gasteiger partial charge in [-0.05, 0) is 25.6 Å². The molecule has 1 unspecified atom stereocenters. The van der Waals surface area contributed by atoms with Crippen molar-refractivity contribution in [3.05, 3.63) is 0 Å². The number of nitrogens with one attached hydrogen (secondary N) is 2. The molecular weight excluding hydrogens is 170 g/mol. The van der Waals surface area contributed by atoms with Gasteiger partial charge in [0.05, 0.1) is 0 Å². The van der Waals surface area contributed by atoms with Crippen LogP contribution in [0.1, 0.15) is 39.5 Å². The average molecular weight is 189 g/mol. The van der Waals surface area contributed by atoms with E-state index >= 15 is 0 Å². The molecule has 0 spiro atoms. The molecule has 0 aliphatic carbocycles. The predicted molar refractivity (Wildman–Crippen MR) is 56.7 cm³/mol. The Bertz CT molecular complexity index is 127. The minimum atomic E-state index is 0.417. The van der Waals surface area contributed by atoms with Crippen molar-refractivity contribution >= 4 is 17.3 Å². The van der Waals surface area contributed by atoms with Crippen LogP contribution in [0.2, 0.25) is 0 Å². The molecule has 0 rings (SSSR count). The predicted octanol–water partition coefficient (Wildman–Crippen LogP) is 1.29. The molecule has 0 aliphatic rings. The zero-order chi connectivity index (χ0) is 9.40. The summed E-state index contributed by atoms with van der Waals surface area (Å²) in [6.45, 7) is 4.31. The smallest absolute Gasteiger partial charge is 0.180 e. The van der Waals surface area contributed by atoms with Crippen molar-refractivity contribution < 1.29 is 0 Å². The maximum atomic E-state index is 5.12. The van der Waals surface area contributed by atoms with Crippen molar-refractivity contribution in [3.8, 4) is 0 Å². The number of hydrogen-bond acceptors (Lipinski definition) is 2. The number of hydrazine groups is 1. The monoisotopic (exact) mass is 189 g/mol. The Kier molecular flexibility index (Phi) is 7.09. The SMILES string of the molecule is CCCCCC(C)NC(=S)NN. The molecule has 4 heteroatoms. The topological polar surface area (TPSA) is 50.1 Å². The fraction of sp³-hybridized carbons (Fsp3) is 0.875. The number of unbranched alkanes of at least 4 members (excludes halogenated alkanes) is 2. The molecule has 3 nitrogen and oxygen atoms in total. The van der Waals surface area contributed by atoms with E-state index in [1.165, 1.54) is 19.3 Å². The molecule has 0 amide bonds. The third-order valence-corrected chi connectivity index (χ3v) is 1.98. The van der Waals surface area contributed by atoms with Crippen LogP contribution >= 0.6 is 12.2 Å². The second-order valence-electron chi connectivity index (χ2n) is 3.01. The fourth-order valence-corrected chi connectivity index (χ4v) is 1.24. The molecule has 0 heterocycles. The van der Waals surface area contributed by atoms with Gasteiger partial charge in [0.2, 0.25) is 0 Å². The Hall–Kier alpha value is -0.350. The molecule has 0 aliphatic heterocycles. The van der Waals surface area contributed by atoms with Crippen LogP contribution in [0.5, 0.6) is 0 Å². The quantitative estimate of drug-likeness (QED) is 0.264. The highest BCUT2D eigenvalue weighted by molar-refractivity contribution is 7.80. The van der Waals surface area contributed by atoms with Crippen molar-refractivity contribution in [2.24, 2.45) is 5.84 Å². The lowest BCUT2D eigenvalue weighted by molar-refractivity contribution is 0.551. The van der Waals surface area contributed by atoms with E-state index in [0.717, 1.165) is 6.42 Å². The van der Waals surface area contributed by atoms with Crippen molar-refractivity contribution in [2.45, 2.75) is 45.6 Å². The van der Waals surface area contributed by atoms with E-state index in [-0.39, 0.29) is 0 Å². The summed E-state index contributed by atoms with van der Waals surface area (Å²) in [6, 6.07) is 0.417. The van der Waals surface area contributed by atoms with E-state index < -0.39 is 0 Å². The van der Waals surface area contributed by atoms with Gasteiger partial charge in [0.15, 0.2) is 5.11 Å². The lowest BCUT2D eigenvalue weighted by Crippen LogP contribution is -2.43. The van der Waals surface area contributed by atoms with Gasteiger partial charge in [-0.25, -0.2) is 5.84 Å². The average Bonchev–Trinajstić information content (AvgIpc) is 2.05. The molecule has 0 bridgehead atoms. The Balaban J connectivity index is 3.32. The number of nitrogens with two attached hydrogens (primary N) is 1. The van der Waals surface area contributed by atoms with E-state index in [4.69, 9.17) is 18.1 Å². The van der Waals surface area contributed by atoms with Crippen LogP contribution in [-0.4, -0.2) is 11.2 Å². The fourth-order valence-electron chi connectivity index (χ4n) is 1.04.